The normalized spacial score (nSPS) is 18.1. The fourth-order valence-corrected chi connectivity index (χ4v) is 1.61. The summed E-state index contributed by atoms with van der Waals surface area (Å²) in [4.78, 5) is 22.0. The van der Waals surface area contributed by atoms with Crippen LogP contribution in [0.4, 0.5) is 0 Å². The monoisotopic (exact) mass is 324 g/mol. The molecule has 0 saturated carbocycles. The molecule has 5 atom stereocenters. The van der Waals surface area contributed by atoms with Crippen molar-refractivity contribution < 1.29 is 40.2 Å². The first-order chi connectivity index (χ1) is 10.2. The van der Waals surface area contributed by atoms with E-state index in [1.165, 1.54) is 0 Å². The van der Waals surface area contributed by atoms with Crippen molar-refractivity contribution in [1.29, 1.82) is 0 Å². The Balaban J connectivity index is 4.03. The number of carbonyl (C=O) groups excluding carboxylic acids is 1. The summed E-state index contributed by atoms with van der Waals surface area (Å²) in [6.07, 6.45) is -6.40. The van der Waals surface area contributed by atoms with Crippen molar-refractivity contribution in [3.63, 3.8) is 0 Å². The molecule has 22 heavy (non-hydrogen) atoms. The molecule has 0 heterocycles. The van der Waals surface area contributed by atoms with Gasteiger partial charge in [0.2, 0.25) is 0 Å². The number of hydrogen-bond donors (Lipinski definition) is 8. The largest absolute Gasteiger partial charge is 0.480 e. The Bertz CT molecular complexity index is 354. The van der Waals surface area contributed by atoms with Crippen LogP contribution in [0.3, 0.4) is 0 Å². The third kappa shape index (κ3) is 7.11. The summed E-state index contributed by atoms with van der Waals surface area (Å²) in [5.41, 5.74) is 5.29. The molecule has 0 unspecified atom stereocenters. The number of carboxylic acid groups (broad SMARTS) is 1. The summed E-state index contributed by atoms with van der Waals surface area (Å²) in [6, 6.07) is -0.974. The van der Waals surface area contributed by atoms with E-state index in [1.54, 1.807) is 0 Å². The van der Waals surface area contributed by atoms with Crippen LogP contribution >= 0.6 is 0 Å². The first kappa shape index (κ1) is 20.7. The zero-order valence-corrected chi connectivity index (χ0v) is 12.0. The van der Waals surface area contributed by atoms with Crippen LogP contribution in [0, 0.1) is 0 Å². The molecule has 0 rings (SSSR count). The third-order valence-corrected chi connectivity index (χ3v) is 3.08. The Morgan fingerprint density at radius 1 is 1.05 bits per heavy atom. The van der Waals surface area contributed by atoms with Crippen molar-refractivity contribution in [1.82, 2.24) is 5.32 Å². The van der Waals surface area contributed by atoms with Crippen LogP contribution in [0.15, 0.2) is 0 Å². The zero-order chi connectivity index (χ0) is 17.3. The summed E-state index contributed by atoms with van der Waals surface area (Å²) in [7, 11) is 0. The Labute approximate surface area is 127 Å². The summed E-state index contributed by atoms with van der Waals surface area (Å²) < 4.78 is 0. The van der Waals surface area contributed by atoms with Crippen molar-refractivity contribution in [3.05, 3.63) is 0 Å². The molecular weight excluding hydrogens is 300 g/mol. The van der Waals surface area contributed by atoms with Gasteiger partial charge in [-0.05, 0) is 19.3 Å². The molecular formula is C12H24N2O8. The molecule has 0 aliphatic rings. The minimum absolute atomic E-state index is 0.119. The number of aliphatic hydroxyl groups excluding tert-OH is 5. The minimum Gasteiger partial charge on any atom is -0.480 e. The second-order valence-corrected chi connectivity index (χ2v) is 4.91. The molecule has 0 aliphatic heterocycles. The summed E-state index contributed by atoms with van der Waals surface area (Å²) in [5.74, 6) is -2.07. The molecule has 10 heteroatoms. The van der Waals surface area contributed by atoms with Gasteiger partial charge in [-0.1, -0.05) is 0 Å². The Hall–Kier alpha value is -1.30. The highest BCUT2D eigenvalue weighted by molar-refractivity contribution is 5.81. The molecule has 10 nitrogen and oxygen atoms in total. The molecule has 0 aromatic heterocycles. The fraction of sp³-hybridized carbons (Fsp3) is 0.833. The van der Waals surface area contributed by atoms with E-state index in [1.807, 2.05) is 0 Å². The van der Waals surface area contributed by atoms with Gasteiger partial charge in [-0.2, -0.15) is 0 Å². The molecule has 0 bridgehead atoms. The van der Waals surface area contributed by atoms with E-state index in [0.29, 0.717) is 12.8 Å². The highest BCUT2D eigenvalue weighted by atomic mass is 16.4. The number of carboxylic acids is 1. The maximum atomic E-state index is 11.5. The van der Waals surface area contributed by atoms with Gasteiger partial charge in [-0.3, -0.25) is 9.59 Å². The molecule has 0 spiro atoms. The van der Waals surface area contributed by atoms with Crippen molar-refractivity contribution in [2.24, 2.45) is 5.73 Å². The number of nitrogens with two attached hydrogens (primary N) is 1. The second kappa shape index (κ2) is 10.4. The summed E-state index contributed by atoms with van der Waals surface area (Å²) in [5, 5.41) is 56.9. The highest BCUT2D eigenvalue weighted by Gasteiger charge is 2.33. The number of carbonyl (C=O) groups is 2. The van der Waals surface area contributed by atoms with Gasteiger partial charge in [0.1, 0.15) is 24.4 Å². The van der Waals surface area contributed by atoms with Crippen molar-refractivity contribution in [3.8, 4) is 0 Å². The lowest BCUT2D eigenvalue weighted by Gasteiger charge is -2.24. The number of rotatable bonds is 11. The topological polar surface area (TPSA) is 194 Å². The molecule has 1 amide bonds. The van der Waals surface area contributed by atoms with Crippen molar-refractivity contribution >= 4 is 11.9 Å². The van der Waals surface area contributed by atoms with Crippen LogP contribution < -0.4 is 11.1 Å². The Kier molecular flexibility index (Phi) is 9.81. The number of aliphatic hydroxyl groups is 5. The van der Waals surface area contributed by atoms with E-state index in [2.05, 4.69) is 5.32 Å². The van der Waals surface area contributed by atoms with Crippen LogP contribution in [0.1, 0.15) is 19.3 Å². The van der Waals surface area contributed by atoms with Gasteiger partial charge < -0.3 is 41.7 Å². The molecule has 0 radical (unpaired) electrons. The van der Waals surface area contributed by atoms with Crippen molar-refractivity contribution in [2.45, 2.75) is 49.7 Å². The summed E-state index contributed by atoms with van der Waals surface area (Å²) >= 11 is 0. The Morgan fingerprint density at radius 2 is 1.64 bits per heavy atom. The van der Waals surface area contributed by atoms with E-state index >= 15 is 0 Å². The molecule has 0 aliphatic carbocycles. The van der Waals surface area contributed by atoms with Gasteiger partial charge in [0.15, 0.2) is 6.10 Å². The maximum absolute atomic E-state index is 11.5. The standard InChI is InChI=1S/C12H24N2O8/c13-6(12(21)22)3-1-2-4-14-11(20)10(19)9(18)8(17)7(16)5-15/h6-10,15-19H,1-5,13H2,(H,14,20)(H,21,22)/t6-,7+,8+,9-,10+/m0/s1. The van der Waals surface area contributed by atoms with Gasteiger partial charge in [-0.15, -0.1) is 0 Å². The third-order valence-electron chi connectivity index (χ3n) is 3.08. The molecule has 0 aromatic rings. The zero-order valence-electron chi connectivity index (χ0n) is 12.0. The van der Waals surface area contributed by atoms with Crippen LogP contribution in [-0.4, -0.2) is 86.1 Å². The lowest BCUT2D eigenvalue weighted by atomic mass is 10.0. The van der Waals surface area contributed by atoms with E-state index < -0.39 is 48.9 Å². The first-order valence-electron chi connectivity index (χ1n) is 6.81. The van der Waals surface area contributed by atoms with Crippen LogP contribution in [-0.2, 0) is 9.59 Å². The van der Waals surface area contributed by atoms with E-state index in [9.17, 15) is 24.9 Å². The average Bonchev–Trinajstić information content (AvgIpc) is 2.50. The number of unbranched alkanes of at least 4 members (excludes halogenated alkanes) is 1. The molecule has 130 valence electrons. The van der Waals surface area contributed by atoms with Gasteiger partial charge in [-0.25, -0.2) is 0 Å². The number of nitrogens with one attached hydrogen (secondary N) is 1. The Morgan fingerprint density at radius 3 is 2.14 bits per heavy atom. The van der Waals surface area contributed by atoms with Crippen molar-refractivity contribution in [2.75, 3.05) is 13.2 Å². The van der Waals surface area contributed by atoms with Gasteiger partial charge >= 0.3 is 5.97 Å². The van der Waals surface area contributed by atoms with E-state index in [0.717, 1.165) is 0 Å². The van der Waals surface area contributed by atoms with E-state index in [-0.39, 0.29) is 13.0 Å². The number of aliphatic carboxylic acids is 1. The van der Waals surface area contributed by atoms with Crippen LogP contribution in [0.5, 0.6) is 0 Å². The summed E-state index contributed by atoms with van der Waals surface area (Å²) in [6.45, 7) is -0.718. The smallest absolute Gasteiger partial charge is 0.320 e. The molecule has 0 aromatic carbocycles. The van der Waals surface area contributed by atoms with E-state index in [4.69, 9.17) is 21.1 Å². The predicted molar refractivity (Wildman–Crippen MR) is 73.6 cm³/mol. The predicted octanol–water partition coefficient (Wildman–Crippen LogP) is -3.88. The van der Waals surface area contributed by atoms with Gasteiger partial charge in [0.05, 0.1) is 6.61 Å². The van der Waals surface area contributed by atoms with Crippen LogP contribution in [0.2, 0.25) is 0 Å². The van der Waals surface area contributed by atoms with Crippen LogP contribution in [0.25, 0.3) is 0 Å². The number of amides is 1. The van der Waals surface area contributed by atoms with Gasteiger partial charge in [0, 0.05) is 6.54 Å². The lowest BCUT2D eigenvalue weighted by Crippen LogP contribution is -2.51. The molecule has 0 saturated heterocycles. The average molecular weight is 324 g/mol. The SMILES string of the molecule is N[C@@H](CCCCNC(=O)[C@H](O)[C@@H](O)[C@H](O)[C@H](O)CO)C(=O)O. The molecule has 9 N–H and O–H groups in total. The maximum Gasteiger partial charge on any atom is 0.320 e. The lowest BCUT2D eigenvalue weighted by molar-refractivity contribution is -0.149. The minimum atomic E-state index is -1.97. The highest BCUT2D eigenvalue weighted by Crippen LogP contribution is 2.05. The fourth-order valence-electron chi connectivity index (χ4n) is 1.61. The molecule has 0 fully saturated rings. The second-order valence-electron chi connectivity index (χ2n) is 4.91. The quantitative estimate of drug-likeness (QED) is 0.175. The van der Waals surface area contributed by atoms with Gasteiger partial charge in [0.25, 0.3) is 5.91 Å². The number of hydrogen-bond acceptors (Lipinski definition) is 8. The first-order valence-corrected chi connectivity index (χ1v) is 6.81.